The van der Waals surface area contributed by atoms with Crippen LogP contribution in [-0.2, 0) is 0 Å². The summed E-state index contributed by atoms with van der Waals surface area (Å²) in [6, 6.07) is 35.1. The zero-order valence-electron chi connectivity index (χ0n) is 27.8. The van der Waals surface area contributed by atoms with E-state index in [0.717, 1.165) is 44.3 Å². The zero-order chi connectivity index (χ0) is 33.1. The van der Waals surface area contributed by atoms with Gasteiger partial charge in [0.1, 0.15) is 22.1 Å². The lowest BCUT2D eigenvalue weighted by Crippen LogP contribution is -1.96. The Morgan fingerprint density at radius 1 is 0.292 bits per heavy atom. The van der Waals surface area contributed by atoms with Crippen LogP contribution in [0.3, 0.4) is 0 Å². The zero-order valence-corrected chi connectivity index (χ0v) is 29.5. The van der Waals surface area contributed by atoms with E-state index in [4.69, 9.17) is 17.5 Å². The van der Waals surface area contributed by atoms with Crippen molar-refractivity contribution in [2.75, 3.05) is 0 Å². The minimum atomic E-state index is 0.962. The van der Waals surface area contributed by atoms with Crippen LogP contribution < -0.4 is 0 Å². The smallest absolute Gasteiger partial charge is 0.113 e. The summed E-state index contributed by atoms with van der Waals surface area (Å²) in [5.74, 6) is 0. The van der Waals surface area contributed by atoms with E-state index in [2.05, 4.69) is 139 Å². The molecule has 4 nitrogen and oxygen atoms in total. The van der Waals surface area contributed by atoms with Gasteiger partial charge < -0.3 is 0 Å². The van der Waals surface area contributed by atoms with Gasteiger partial charge in [-0.25, -0.2) is 0 Å². The van der Waals surface area contributed by atoms with E-state index >= 15 is 0 Å². The molecule has 0 atom stereocenters. The lowest BCUT2D eigenvalue weighted by molar-refractivity contribution is 1.34. The second kappa shape index (κ2) is 11.9. The molecular weight excluding hydrogens is 625 g/mol. The minimum absolute atomic E-state index is 0.962. The summed E-state index contributed by atoms with van der Waals surface area (Å²) in [4.78, 5) is 0. The molecule has 0 radical (unpaired) electrons. The van der Waals surface area contributed by atoms with Gasteiger partial charge >= 0.3 is 0 Å². The summed E-state index contributed by atoms with van der Waals surface area (Å²) in [5, 5.41) is 0. The van der Waals surface area contributed by atoms with Crippen molar-refractivity contribution in [3.63, 3.8) is 0 Å². The average Bonchev–Trinajstić information content (AvgIpc) is 3.78. The minimum Gasteiger partial charge on any atom is -0.172 e. The number of hydrogen-bond donors (Lipinski definition) is 0. The standard InChI is InChI=1S/C42H34N4S2/c1-23-11-7-9-13-29(23)31-15-17-33(41-39(31)43-47-45-41)35-19-27(5)37(21-25(35)3)38-22-26(4)36(20-28(38)6)34-18-16-32(40-42(34)46-48-44-40)30-14-10-8-12-24(30)2/h7-22H,1-6H3. The molecule has 0 aliphatic rings. The summed E-state index contributed by atoms with van der Waals surface area (Å²) >= 11 is 2.57. The van der Waals surface area contributed by atoms with E-state index in [1.807, 2.05) is 0 Å². The average molecular weight is 659 g/mol. The maximum absolute atomic E-state index is 4.79. The van der Waals surface area contributed by atoms with Crippen LogP contribution in [0.25, 0.3) is 77.7 Å². The fraction of sp³-hybridized carbons (Fsp3) is 0.143. The summed E-state index contributed by atoms with van der Waals surface area (Å²) < 4.78 is 19.1. The van der Waals surface area contributed by atoms with Crippen molar-refractivity contribution in [2.24, 2.45) is 0 Å². The highest BCUT2D eigenvalue weighted by Gasteiger charge is 2.20. The van der Waals surface area contributed by atoms with Gasteiger partial charge in [-0.1, -0.05) is 97.1 Å². The van der Waals surface area contributed by atoms with Gasteiger partial charge in [-0.15, -0.1) is 0 Å². The first-order valence-electron chi connectivity index (χ1n) is 16.2. The van der Waals surface area contributed by atoms with Crippen LogP contribution in [0.2, 0.25) is 0 Å². The van der Waals surface area contributed by atoms with Gasteiger partial charge in [0, 0.05) is 22.3 Å². The van der Waals surface area contributed by atoms with E-state index in [1.54, 1.807) is 0 Å². The summed E-state index contributed by atoms with van der Waals surface area (Å²) in [5.41, 5.74) is 23.1. The molecule has 0 bridgehead atoms. The van der Waals surface area contributed by atoms with Crippen molar-refractivity contribution in [1.82, 2.24) is 17.5 Å². The van der Waals surface area contributed by atoms with Crippen molar-refractivity contribution >= 4 is 45.5 Å². The van der Waals surface area contributed by atoms with E-state index < -0.39 is 0 Å². The lowest BCUT2D eigenvalue weighted by Gasteiger charge is -2.18. The third kappa shape index (κ3) is 4.95. The normalized spacial score (nSPS) is 11.5. The second-order valence-electron chi connectivity index (χ2n) is 12.8. The number of benzene rings is 6. The van der Waals surface area contributed by atoms with Gasteiger partial charge in [-0.3, -0.25) is 0 Å². The maximum Gasteiger partial charge on any atom is 0.113 e. The third-order valence-electron chi connectivity index (χ3n) is 9.71. The molecular formula is C42H34N4S2. The van der Waals surface area contributed by atoms with Crippen LogP contribution in [0.15, 0.2) is 97.1 Å². The summed E-state index contributed by atoms with van der Waals surface area (Å²) in [6.07, 6.45) is 0. The second-order valence-corrected chi connectivity index (χ2v) is 13.9. The number of fused-ring (bicyclic) bond motifs is 2. The van der Waals surface area contributed by atoms with Crippen molar-refractivity contribution < 1.29 is 0 Å². The van der Waals surface area contributed by atoms with Crippen LogP contribution in [0.5, 0.6) is 0 Å². The highest BCUT2D eigenvalue weighted by atomic mass is 32.1. The molecule has 8 rings (SSSR count). The van der Waals surface area contributed by atoms with Gasteiger partial charge in [-0.2, -0.15) is 17.5 Å². The predicted octanol–water partition coefficient (Wildman–Crippen LogP) is 11.9. The molecule has 6 aromatic carbocycles. The van der Waals surface area contributed by atoms with Gasteiger partial charge in [0.05, 0.1) is 23.5 Å². The Kier molecular flexibility index (Phi) is 7.50. The van der Waals surface area contributed by atoms with E-state index in [-0.39, 0.29) is 0 Å². The Morgan fingerprint density at radius 3 is 0.875 bits per heavy atom. The van der Waals surface area contributed by atoms with Crippen molar-refractivity contribution in [3.8, 4) is 55.6 Å². The molecule has 0 amide bonds. The molecule has 0 aliphatic heterocycles. The predicted molar refractivity (Wildman–Crippen MR) is 204 cm³/mol. The van der Waals surface area contributed by atoms with Crippen LogP contribution in [0.1, 0.15) is 33.4 Å². The Morgan fingerprint density at radius 2 is 0.562 bits per heavy atom. The molecule has 0 fully saturated rings. The fourth-order valence-electron chi connectivity index (χ4n) is 7.15. The topological polar surface area (TPSA) is 51.6 Å². The monoisotopic (exact) mass is 658 g/mol. The summed E-state index contributed by atoms with van der Waals surface area (Å²) in [6.45, 7) is 13.1. The Hall–Kier alpha value is -5.04. The molecule has 0 saturated carbocycles. The molecule has 0 N–H and O–H groups in total. The first-order chi connectivity index (χ1) is 23.3. The first-order valence-corrected chi connectivity index (χ1v) is 17.6. The van der Waals surface area contributed by atoms with Crippen molar-refractivity contribution in [1.29, 1.82) is 0 Å². The summed E-state index contributed by atoms with van der Waals surface area (Å²) in [7, 11) is 0. The van der Waals surface area contributed by atoms with Crippen molar-refractivity contribution in [3.05, 3.63) is 130 Å². The molecule has 6 heteroatoms. The van der Waals surface area contributed by atoms with E-state index in [0.29, 0.717) is 0 Å². The molecule has 48 heavy (non-hydrogen) atoms. The molecule has 2 heterocycles. The quantitative estimate of drug-likeness (QED) is 0.185. The van der Waals surface area contributed by atoms with Gasteiger partial charge in [0.25, 0.3) is 0 Å². The first kappa shape index (κ1) is 30.3. The third-order valence-corrected chi connectivity index (χ3v) is 10.8. The Labute approximate surface area is 289 Å². The van der Waals surface area contributed by atoms with Crippen LogP contribution in [-0.4, -0.2) is 17.5 Å². The van der Waals surface area contributed by atoms with Crippen molar-refractivity contribution in [2.45, 2.75) is 41.5 Å². The van der Waals surface area contributed by atoms with Gasteiger partial charge in [0.2, 0.25) is 0 Å². The van der Waals surface area contributed by atoms with Gasteiger partial charge in [-0.05, 0) is 108 Å². The molecule has 0 spiro atoms. The highest BCUT2D eigenvalue weighted by Crippen LogP contribution is 2.42. The highest BCUT2D eigenvalue weighted by molar-refractivity contribution is 7.00. The van der Waals surface area contributed by atoms with Crippen LogP contribution >= 0.6 is 23.5 Å². The largest absolute Gasteiger partial charge is 0.172 e. The Balaban J connectivity index is 1.19. The molecule has 0 aliphatic carbocycles. The number of aryl methyl sites for hydroxylation is 6. The fourth-order valence-corrected chi connectivity index (χ4v) is 8.29. The number of hydrogen-bond acceptors (Lipinski definition) is 6. The number of rotatable bonds is 5. The SMILES string of the molecule is Cc1cc(-c2ccc(-c3ccccc3C)c3nsnc23)c(C)cc1-c1cc(C)c(-c2ccc(-c3ccccc3C)c3nsnc23)cc1C. The van der Waals surface area contributed by atoms with Crippen LogP contribution in [0.4, 0.5) is 0 Å². The molecule has 2 aromatic heterocycles. The molecule has 8 aromatic rings. The lowest BCUT2D eigenvalue weighted by atomic mass is 9.86. The maximum atomic E-state index is 4.79. The number of aromatic nitrogens is 4. The van der Waals surface area contributed by atoms with Crippen LogP contribution in [0, 0.1) is 41.5 Å². The van der Waals surface area contributed by atoms with E-state index in [9.17, 15) is 0 Å². The molecule has 0 saturated heterocycles. The van der Waals surface area contributed by atoms with E-state index in [1.165, 1.54) is 90.2 Å². The number of nitrogens with zero attached hydrogens (tertiary/aromatic N) is 4. The van der Waals surface area contributed by atoms with Gasteiger partial charge in [0.15, 0.2) is 0 Å². The Bertz CT molecular complexity index is 2360. The molecule has 234 valence electrons. The molecule has 0 unspecified atom stereocenters.